The van der Waals surface area contributed by atoms with Gasteiger partial charge in [-0.3, -0.25) is 4.99 Å². The number of rotatable bonds is 1. The lowest BCUT2D eigenvalue weighted by molar-refractivity contribution is 0.509. The molecule has 0 aliphatic carbocycles. The minimum absolute atomic E-state index is 0.358. The van der Waals surface area contributed by atoms with Gasteiger partial charge in [0.1, 0.15) is 0 Å². The average molecular weight is 302 g/mol. The normalized spacial score (nSPS) is 14.0. The van der Waals surface area contributed by atoms with Crippen LogP contribution >= 0.6 is 11.8 Å². The SMILES string of the molecule is CSC1=Nc2cc(F)c(F)cc2N=C(c2ccccc2)C1. The molecule has 21 heavy (non-hydrogen) atoms. The van der Waals surface area contributed by atoms with Crippen molar-refractivity contribution in [2.75, 3.05) is 6.26 Å². The molecule has 2 nitrogen and oxygen atoms in total. The van der Waals surface area contributed by atoms with Crippen molar-refractivity contribution in [1.29, 1.82) is 0 Å². The highest BCUT2D eigenvalue weighted by molar-refractivity contribution is 8.13. The minimum atomic E-state index is -0.910. The first kappa shape index (κ1) is 13.9. The molecule has 1 aliphatic heterocycles. The number of benzene rings is 2. The molecule has 1 aliphatic rings. The number of thioether (sulfide) groups is 1. The quantitative estimate of drug-likeness (QED) is 0.736. The van der Waals surface area contributed by atoms with Crippen LogP contribution in [0.25, 0.3) is 0 Å². The zero-order chi connectivity index (χ0) is 14.8. The van der Waals surface area contributed by atoms with Crippen molar-refractivity contribution in [2.45, 2.75) is 6.42 Å². The summed E-state index contributed by atoms with van der Waals surface area (Å²) in [5.41, 5.74) is 2.48. The Morgan fingerprint density at radius 1 is 0.952 bits per heavy atom. The van der Waals surface area contributed by atoms with Crippen molar-refractivity contribution in [3.63, 3.8) is 0 Å². The van der Waals surface area contributed by atoms with Gasteiger partial charge in [-0.2, -0.15) is 0 Å². The average Bonchev–Trinajstić information content (AvgIpc) is 2.68. The monoisotopic (exact) mass is 302 g/mol. The maximum Gasteiger partial charge on any atom is 0.161 e. The van der Waals surface area contributed by atoms with Crippen LogP contribution in [0.1, 0.15) is 12.0 Å². The van der Waals surface area contributed by atoms with E-state index in [0.29, 0.717) is 17.8 Å². The van der Waals surface area contributed by atoms with Gasteiger partial charge >= 0.3 is 0 Å². The Balaban J connectivity index is 2.17. The van der Waals surface area contributed by atoms with E-state index < -0.39 is 11.6 Å². The molecule has 0 atom stereocenters. The van der Waals surface area contributed by atoms with Gasteiger partial charge in [0.2, 0.25) is 0 Å². The molecule has 0 unspecified atom stereocenters. The molecule has 0 saturated carbocycles. The highest BCUT2D eigenvalue weighted by atomic mass is 32.2. The third-order valence-corrected chi connectivity index (χ3v) is 3.89. The summed E-state index contributed by atoms with van der Waals surface area (Å²) >= 11 is 1.48. The van der Waals surface area contributed by atoms with Crippen LogP contribution in [0.4, 0.5) is 20.2 Å². The summed E-state index contributed by atoms with van der Waals surface area (Å²) in [7, 11) is 0. The standard InChI is InChI=1S/C16H12F2N2S/c1-21-16-9-13(10-5-3-2-4-6-10)19-14-7-11(17)12(18)8-15(14)20-16/h2-8H,9H2,1H3. The molecule has 106 valence electrons. The Hall–Kier alpha value is -2.01. The number of fused-ring (bicyclic) bond motifs is 1. The molecular formula is C16H12F2N2S. The number of nitrogens with zero attached hydrogens (tertiary/aromatic N) is 2. The van der Waals surface area contributed by atoms with E-state index in [1.165, 1.54) is 11.8 Å². The van der Waals surface area contributed by atoms with Crippen LogP contribution in [0.2, 0.25) is 0 Å². The van der Waals surface area contributed by atoms with E-state index in [0.717, 1.165) is 28.5 Å². The third-order valence-electron chi connectivity index (χ3n) is 3.18. The van der Waals surface area contributed by atoms with Gasteiger partial charge in [-0.05, 0) is 11.8 Å². The molecule has 0 fully saturated rings. The van der Waals surface area contributed by atoms with Crippen molar-refractivity contribution in [3.8, 4) is 0 Å². The largest absolute Gasteiger partial charge is 0.250 e. The van der Waals surface area contributed by atoms with E-state index in [1.807, 2.05) is 36.6 Å². The molecule has 0 bridgehead atoms. The Kier molecular flexibility index (Phi) is 3.84. The fourth-order valence-electron chi connectivity index (χ4n) is 2.12. The molecular weight excluding hydrogens is 290 g/mol. The van der Waals surface area contributed by atoms with Crippen molar-refractivity contribution >= 4 is 33.9 Å². The van der Waals surface area contributed by atoms with E-state index in [9.17, 15) is 8.78 Å². The number of aliphatic imine (C=N–C) groups is 2. The van der Waals surface area contributed by atoms with Crippen LogP contribution in [0.5, 0.6) is 0 Å². The van der Waals surface area contributed by atoms with Gasteiger partial charge in [-0.15, -0.1) is 11.8 Å². The zero-order valence-electron chi connectivity index (χ0n) is 11.3. The predicted molar refractivity (Wildman–Crippen MR) is 84.2 cm³/mol. The van der Waals surface area contributed by atoms with Crippen molar-refractivity contribution in [1.82, 2.24) is 0 Å². The van der Waals surface area contributed by atoms with Gasteiger partial charge in [0.05, 0.1) is 22.1 Å². The predicted octanol–water partition coefficient (Wildman–Crippen LogP) is 4.88. The van der Waals surface area contributed by atoms with E-state index in [2.05, 4.69) is 9.98 Å². The molecule has 0 radical (unpaired) electrons. The third kappa shape index (κ3) is 2.88. The van der Waals surface area contributed by atoms with Gasteiger partial charge in [0.25, 0.3) is 0 Å². The molecule has 2 aromatic rings. The lowest BCUT2D eigenvalue weighted by atomic mass is 10.1. The Labute approximate surface area is 125 Å². The summed E-state index contributed by atoms with van der Waals surface area (Å²) in [5, 5.41) is 0.822. The molecule has 3 rings (SSSR count). The highest BCUT2D eigenvalue weighted by Gasteiger charge is 2.16. The molecule has 0 amide bonds. The second kappa shape index (κ2) is 5.77. The first-order valence-electron chi connectivity index (χ1n) is 6.41. The molecule has 0 aromatic heterocycles. The van der Waals surface area contributed by atoms with Gasteiger partial charge in [0, 0.05) is 18.6 Å². The molecule has 5 heteroatoms. The summed E-state index contributed by atoms with van der Waals surface area (Å²) < 4.78 is 26.8. The summed E-state index contributed by atoms with van der Waals surface area (Å²) in [6.07, 6.45) is 2.45. The second-order valence-corrected chi connectivity index (χ2v) is 5.45. The van der Waals surface area contributed by atoms with Crippen molar-refractivity contribution < 1.29 is 8.78 Å². The summed E-state index contributed by atoms with van der Waals surface area (Å²) in [5.74, 6) is -1.82. The molecule has 0 N–H and O–H groups in total. The van der Waals surface area contributed by atoms with Crippen molar-refractivity contribution in [3.05, 3.63) is 59.7 Å². The first-order chi connectivity index (χ1) is 10.2. The maximum absolute atomic E-state index is 13.4. The summed E-state index contributed by atoms with van der Waals surface area (Å²) in [4.78, 5) is 8.89. The smallest absolute Gasteiger partial charge is 0.161 e. The van der Waals surface area contributed by atoms with Crippen LogP contribution in [0.15, 0.2) is 52.4 Å². The molecule has 0 saturated heterocycles. The van der Waals surface area contributed by atoms with E-state index in [-0.39, 0.29) is 0 Å². The lowest BCUT2D eigenvalue weighted by Crippen LogP contribution is -2.05. The lowest BCUT2D eigenvalue weighted by Gasteiger charge is -2.05. The maximum atomic E-state index is 13.4. The zero-order valence-corrected chi connectivity index (χ0v) is 12.1. The number of hydrogen-bond acceptors (Lipinski definition) is 3. The van der Waals surface area contributed by atoms with E-state index in [4.69, 9.17) is 0 Å². The molecule has 1 heterocycles. The van der Waals surface area contributed by atoms with E-state index in [1.54, 1.807) is 0 Å². The fourth-order valence-corrected chi connectivity index (χ4v) is 2.59. The first-order valence-corrected chi connectivity index (χ1v) is 7.63. The Morgan fingerprint density at radius 2 is 1.57 bits per heavy atom. The van der Waals surface area contributed by atoms with Gasteiger partial charge < -0.3 is 0 Å². The van der Waals surface area contributed by atoms with Crippen LogP contribution in [0, 0.1) is 11.6 Å². The Morgan fingerprint density at radius 3 is 2.19 bits per heavy atom. The van der Waals surface area contributed by atoms with Crippen molar-refractivity contribution in [2.24, 2.45) is 9.98 Å². The Bertz CT molecular complexity index is 739. The van der Waals surface area contributed by atoms with Gasteiger partial charge in [-0.1, -0.05) is 30.3 Å². The van der Waals surface area contributed by atoms with Gasteiger partial charge in [-0.25, -0.2) is 13.8 Å². The fraction of sp³-hybridized carbons (Fsp3) is 0.125. The minimum Gasteiger partial charge on any atom is -0.250 e. The van der Waals surface area contributed by atoms with Crippen LogP contribution in [-0.4, -0.2) is 17.0 Å². The summed E-state index contributed by atoms with van der Waals surface area (Å²) in [6.45, 7) is 0. The molecule has 2 aromatic carbocycles. The highest BCUT2D eigenvalue weighted by Crippen LogP contribution is 2.35. The number of hydrogen-bond donors (Lipinski definition) is 0. The second-order valence-electron chi connectivity index (χ2n) is 4.57. The topological polar surface area (TPSA) is 24.7 Å². The van der Waals surface area contributed by atoms with Crippen LogP contribution in [-0.2, 0) is 0 Å². The van der Waals surface area contributed by atoms with Crippen LogP contribution < -0.4 is 0 Å². The summed E-state index contributed by atoms with van der Waals surface area (Å²) in [6, 6.07) is 11.9. The van der Waals surface area contributed by atoms with Crippen LogP contribution in [0.3, 0.4) is 0 Å². The van der Waals surface area contributed by atoms with Gasteiger partial charge in [0.15, 0.2) is 11.6 Å². The molecule has 0 spiro atoms. The van der Waals surface area contributed by atoms with E-state index >= 15 is 0 Å². The number of halogens is 2.